The molecule has 0 aromatic carbocycles. The zero-order valence-electron chi connectivity index (χ0n) is 15.2. The molecular formula is C15H24N4O4S3. The Balaban J connectivity index is 2.06. The topological polar surface area (TPSA) is 108 Å². The van der Waals surface area contributed by atoms with Crippen molar-refractivity contribution in [3.8, 4) is 0 Å². The van der Waals surface area contributed by atoms with E-state index in [9.17, 15) is 16.8 Å². The minimum absolute atomic E-state index is 0.0869. The minimum atomic E-state index is -3.64. The molecule has 2 N–H and O–H groups in total. The Kier molecular flexibility index (Phi) is 5.10. The van der Waals surface area contributed by atoms with Gasteiger partial charge in [-0.25, -0.2) is 25.9 Å². The molecule has 146 valence electrons. The fourth-order valence-corrected chi connectivity index (χ4v) is 7.41. The predicted octanol–water partition coefficient (Wildman–Crippen LogP) is 1.39. The summed E-state index contributed by atoms with van der Waals surface area (Å²) in [6, 6.07) is 0. The maximum absolute atomic E-state index is 12.6. The van der Waals surface area contributed by atoms with Gasteiger partial charge in [0, 0.05) is 25.0 Å². The fourth-order valence-electron chi connectivity index (χ4n) is 3.69. The Morgan fingerprint density at radius 3 is 2.62 bits per heavy atom. The largest absolute Gasteiger partial charge is 0.323 e. The first-order valence-corrected chi connectivity index (χ1v) is 12.6. The first kappa shape index (κ1) is 19.6. The Morgan fingerprint density at radius 1 is 1.38 bits per heavy atom. The van der Waals surface area contributed by atoms with Crippen LogP contribution in [0.25, 0.3) is 0 Å². The van der Waals surface area contributed by atoms with Gasteiger partial charge < -0.3 is 5.32 Å². The van der Waals surface area contributed by atoms with Gasteiger partial charge in [0.15, 0.2) is 4.21 Å². The van der Waals surface area contributed by atoms with Crippen LogP contribution < -0.4 is 10.0 Å². The second-order valence-corrected chi connectivity index (χ2v) is 11.7. The molecule has 0 amide bonds. The summed E-state index contributed by atoms with van der Waals surface area (Å²) in [5.74, 6) is 0.395. The first-order chi connectivity index (χ1) is 12.1. The van der Waals surface area contributed by atoms with Crippen molar-refractivity contribution < 1.29 is 16.8 Å². The molecule has 2 atom stereocenters. The number of nitrogens with zero attached hydrogens (tertiary/aromatic N) is 2. The van der Waals surface area contributed by atoms with Crippen molar-refractivity contribution >= 4 is 43.0 Å². The van der Waals surface area contributed by atoms with Crippen LogP contribution in [0.4, 0.5) is 5.69 Å². The summed E-state index contributed by atoms with van der Waals surface area (Å²) in [6.07, 6.45) is 2.62. The highest BCUT2D eigenvalue weighted by Gasteiger charge is 2.39. The number of thiophene rings is 1. The van der Waals surface area contributed by atoms with Crippen molar-refractivity contribution in [1.82, 2.24) is 9.03 Å². The van der Waals surface area contributed by atoms with E-state index < -0.39 is 20.0 Å². The lowest BCUT2D eigenvalue weighted by molar-refractivity contribution is 0.250. The highest BCUT2D eigenvalue weighted by atomic mass is 32.2. The fraction of sp³-hybridized carbons (Fsp3) is 0.667. The first-order valence-electron chi connectivity index (χ1n) is 8.45. The summed E-state index contributed by atoms with van der Waals surface area (Å²) < 4.78 is 53.1. The van der Waals surface area contributed by atoms with Crippen LogP contribution >= 0.6 is 11.3 Å². The molecule has 0 saturated carbocycles. The summed E-state index contributed by atoms with van der Waals surface area (Å²) in [7, 11) is -5.33. The lowest BCUT2D eigenvalue weighted by atomic mass is 9.81. The van der Waals surface area contributed by atoms with Gasteiger partial charge in [0.2, 0.25) is 16.0 Å². The van der Waals surface area contributed by atoms with Crippen molar-refractivity contribution in [2.45, 2.75) is 36.8 Å². The van der Waals surface area contributed by atoms with Gasteiger partial charge in [-0.15, -0.1) is 11.3 Å². The summed E-state index contributed by atoms with van der Waals surface area (Å²) >= 11 is 1.28. The van der Waals surface area contributed by atoms with Crippen molar-refractivity contribution in [2.24, 2.45) is 10.9 Å². The molecule has 8 nitrogen and oxygen atoms in total. The zero-order valence-corrected chi connectivity index (χ0v) is 17.7. The number of piperidine rings is 1. The van der Waals surface area contributed by atoms with Gasteiger partial charge in [-0.3, -0.25) is 4.99 Å². The molecule has 0 aliphatic carbocycles. The zero-order chi connectivity index (χ0) is 19.3. The second kappa shape index (κ2) is 6.77. The number of hydrogen-bond donors (Lipinski definition) is 2. The molecule has 1 aromatic rings. The number of guanidine groups is 1. The van der Waals surface area contributed by atoms with Gasteiger partial charge in [-0.2, -0.15) is 0 Å². The lowest BCUT2D eigenvalue weighted by Crippen LogP contribution is -2.43. The van der Waals surface area contributed by atoms with E-state index in [2.05, 4.69) is 15.0 Å². The number of hydrogen-bond acceptors (Lipinski definition) is 6. The van der Waals surface area contributed by atoms with Gasteiger partial charge >= 0.3 is 0 Å². The molecule has 0 spiro atoms. The maximum Gasteiger partial charge on any atom is 0.275 e. The summed E-state index contributed by atoms with van der Waals surface area (Å²) in [5, 5.41) is 3.12. The lowest BCUT2D eigenvalue weighted by Gasteiger charge is -2.36. The minimum Gasteiger partial charge on any atom is -0.323 e. The Hall–Kier alpha value is -1.17. The van der Waals surface area contributed by atoms with Crippen LogP contribution in [-0.2, 0) is 26.5 Å². The van der Waals surface area contributed by atoms with E-state index in [4.69, 9.17) is 0 Å². The van der Waals surface area contributed by atoms with Crippen LogP contribution in [0.2, 0.25) is 0 Å². The Labute approximate surface area is 158 Å². The van der Waals surface area contributed by atoms with E-state index in [1.165, 1.54) is 28.9 Å². The molecule has 11 heteroatoms. The Morgan fingerprint density at radius 2 is 2.08 bits per heavy atom. The van der Waals surface area contributed by atoms with Gasteiger partial charge in [-0.05, 0) is 30.2 Å². The van der Waals surface area contributed by atoms with E-state index in [1.807, 2.05) is 13.8 Å². The van der Waals surface area contributed by atoms with E-state index in [0.29, 0.717) is 25.2 Å². The van der Waals surface area contributed by atoms with Crippen LogP contribution in [0.5, 0.6) is 0 Å². The molecule has 1 aromatic heterocycles. The van der Waals surface area contributed by atoms with Crippen molar-refractivity contribution in [3.63, 3.8) is 0 Å². The van der Waals surface area contributed by atoms with Crippen LogP contribution in [0.15, 0.2) is 9.20 Å². The molecule has 2 unspecified atom stereocenters. The molecule has 2 aliphatic heterocycles. The SMILES string of the molecule is CCc1sc2c(c1C1CCN(S(C)(=O)=O)CC1C)NC(=NC)NS2(=O)=O. The number of fused-ring (bicyclic) bond motifs is 1. The van der Waals surface area contributed by atoms with E-state index >= 15 is 0 Å². The average molecular weight is 421 g/mol. The Bertz CT molecular complexity index is 950. The van der Waals surface area contributed by atoms with Gasteiger partial charge in [0.1, 0.15) is 0 Å². The number of nitrogens with one attached hydrogen (secondary N) is 2. The van der Waals surface area contributed by atoms with Gasteiger partial charge in [0.05, 0.1) is 11.9 Å². The number of rotatable bonds is 3. The molecule has 2 aliphatic rings. The quantitative estimate of drug-likeness (QED) is 0.768. The highest BCUT2D eigenvalue weighted by Crippen LogP contribution is 2.47. The summed E-state index contributed by atoms with van der Waals surface area (Å²) in [5.41, 5.74) is 1.61. The molecule has 0 radical (unpaired) electrons. The number of anilines is 1. The van der Waals surface area contributed by atoms with Crippen LogP contribution in [-0.4, -0.2) is 53.5 Å². The molecule has 1 fully saturated rings. The third-order valence-corrected chi connectivity index (χ3v) is 9.44. The summed E-state index contributed by atoms with van der Waals surface area (Å²) in [4.78, 5) is 4.98. The second-order valence-electron chi connectivity index (χ2n) is 6.75. The third kappa shape index (κ3) is 3.37. The molecule has 1 saturated heterocycles. The van der Waals surface area contributed by atoms with Crippen LogP contribution in [0, 0.1) is 5.92 Å². The molecule has 3 heterocycles. The monoisotopic (exact) mass is 420 g/mol. The normalized spacial score (nSPS) is 27.6. The number of aryl methyl sites for hydroxylation is 1. The van der Waals surface area contributed by atoms with Crippen LogP contribution in [0.1, 0.15) is 36.6 Å². The predicted molar refractivity (Wildman–Crippen MR) is 104 cm³/mol. The molecule has 3 rings (SSSR count). The van der Waals surface area contributed by atoms with Gasteiger partial charge in [-0.1, -0.05) is 13.8 Å². The molecular weight excluding hydrogens is 396 g/mol. The standard InChI is InChI=1S/C15H24N4O4S3/c1-5-11-12(10-6-7-19(8-9(10)2)25(4,20)21)13-14(24-11)26(22,23)18-15(16-3)17-13/h9-10H,5-8H2,1-4H3,(H2,16,17,18). The van der Waals surface area contributed by atoms with E-state index in [-0.39, 0.29) is 22.0 Å². The highest BCUT2D eigenvalue weighted by molar-refractivity contribution is 7.92. The van der Waals surface area contributed by atoms with E-state index in [1.54, 1.807) is 0 Å². The summed E-state index contributed by atoms with van der Waals surface area (Å²) in [6.45, 7) is 4.92. The van der Waals surface area contributed by atoms with Crippen molar-refractivity contribution in [1.29, 1.82) is 0 Å². The van der Waals surface area contributed by atoms with Crippen LogP contribution in [0.3, 0.4) is 0 Å². The van der Waals surface area contributed by atoms with Crippen molar-refractivity contribution in [2.75, 3.05) is 31.7 Å². The average Bonchev–Trinajstić information content (AvgIpc) is 2.92. The van der Waals surface area contributed by atoms with E-state index in [0.717, 1.165) is 16.9 Å². The molecule has 26 heavy (non-hydrogen) atoms. The van der Waals surface area contributed by atoms with Crippen molar-refractivity contribution in [3.05, 3.63) is 10.4 Å². The van der Waals surface area contributed by atoms with Gasteiger partial charge in [0.25, 0.3) is 10.0 Å². The number of aliphatic imine (C=N–C) groups is 1. The maximum atomic E-state index is 12.6. The number of sulfonamides is 2. The molecule has 0 bridgehead atoms. The smallest absolute Gasteiger partial charge is 0.275 e. The third-order valence-electron chi connectivity index (χ3n) is 4.96.